The molecule has 5 heteroatoms. The fourth-order valence-corrected chi connectivity index (χ4v) is 2.33. The summed E-state index contributed by atoms with van der Waals surface area (Å²) in [5.74, 6) is 0. The van der Waals surface area contributed by atoms with Crippen LogP contribution >= 0.6 is 0 Å². The van der Waals surface area contributed by atoms with E-state index < -0.39 is 0 Å². The predicted molar refractivity (Wildman–Crippen MR) is 62.8 cm³/mol. The standard InChI is InChI=1S/C11H21N5/c1-15-6-3-2-4-11(15)5-7-16-9-10(8-12)13-14-16/h9,11H,2-8,12H2,1H3. The fourth-order valence-electron chi connectivity index (χ4n) is 2.33. The third kappa shape index (κ3) is 2.80. The first-order valence-corrected chi connectivity index (χ1v) is 6.09. The number of nitrogens with zero attached hydrogens (tertiary/aromatic N) is 4. The van der Waals surface area contributed by atoms with Crippen LogP contribution in [0.5, 0.6) is 0 Å². The smallest absolute Gasteiger partial charge is 0.0962 e. The molecule has 0 bridgehead atoms. The minimum Gasteiger partial charge on any atom is -0.325 e. The molecule has 0 aliphatic carbocycles. The molecule has 1 aromatic heterocycles. The Morgan fingerprint density at radius 1 is 1.50 bits per heavy atom. The molecule has 1 unspecified atom stereocenters. The Morgan fingerprint density at radius 3 is 3.06 bits per heavy atom. The topological polar surface area (TPSA) is 60.0 Å². The molecule has 90 valence electrons. The Hall–Kier alpha value is -0.940. The number of hydrogen-bond donors (Lipinski definition) is 1. The van der Waals surface area contributed by atoms with Crippen LogP contribution in [-0.4, -0.2) is 39.5 Å². The second-order valence-electron chi connectivity index (χ2n) is 4.60. The van der Waals surface area contributed by atoms with Crippen LogP contribution in [0.2, 0.25) is 0 Å². The van der Waals surface area contributed by atoms with Gasteiger partial charge in [-0.2, -0.15) is 0 Å². The van der Waals surface area contributed by atoms with E-state index in [0.717, 1.165) is 18.7 Å². The summed E-state index contributed by atoms with van der Waals surface area (Å²) in [4.78, 5) is 2.46. The summed E-state index contributed by atoms with van der Waals surface area (Å²) in [5.41, 5.74) is 6.37. The highest BCUT2D eigenvalue weighted by Gasteiger charge is 2.18. The van der Waals surface area contributed by atoms with E-state index in [9.17, 15) is 0 Å². The molecule has 1 aromatic rings. The highest BCUT2D eigenvalue weighted by Crippen LogP contribution is 2.18. The van der Waals surface area contributed by atoms with Crippen molar-refractivity contribution >= 4 is 0 Å². The summed E-state index contributed by atoms with van der Waals surface area (Å²) >= 11 is 0. The van der Waals surface area contributed by atoms with Gasteiger partial charge in [-0.25, -0.2) is 0 Å². The van der Waals surface area contributed by atoms with E-state index in [1.807, 2.05) is 10.9 Å². The number of aromatic nitrogens is 3. The van der Waals surface area contributed by atoms with E-state index in [4.69, 9.17) is 5.73 Å². The molecule has 1 aliphatic heterocycles. The number of aryl methyl sites for hydroxylation is 1. The highest BCUT2D eigenvalue weighted by molar-refractivity contribution is 4.90. The summed E-state index contributed by atoms with van der Waals surface area (Å²) in [7, 11) is 2.22. The first-order chi connectivity index (χ1) is 7.79. The zero-order valence-electron chi connectivity index (χ0n) is 9.97. The van der Waals surface area contributed by atoms with Crippen molar-refractivity contribution in [1.82, 2.24) is 19.9 Å². The van der Waals surface area contributed by atoms with Gasteiger partial charge in [0.25, 0.3) is 0 Å². The number of likely N-dealkylation sites (tertiary alicyclic amines) is 1. The molecule has 2 rings (SSSR count). The average Bonchev–Trinajstić information content (AvgIpc) is 2.76. The van der Waals surface area contributed by atoms with Gasteiger partial charge >= 0.3 is 0 Å². The molecule has 0 spiro atoms. The first kappa shape index (κ1) is 11.5. The van der Waals surface area contributed by atoms with Crippen LogP contribution < -0.4 is 5.73 Å². The number of piperidine rings is 1. The summed E-state index contributed by atoms with van der Waals surface area (Å²) < 4.78 is 1.91. The van der Waals surface area contributed by atoms with Crippen molar-refractivity contribution in [1.29, 1.82) is 0 Å². The zero-order chi connectivity index (χ0) is 11.4. The SMILES string of the molecule is CN1CCCCC1CCn1cc(CN)nn1. The molecular formula is C11H21N5. The maximum atomic E-state index is 5.50. The van der Waals surface area contributed by atoms with Gasteiger partial charge < -0.3 is 10.6 Å². The first-order valence-electron chi connectivity index (χ1n) is 6.09. The Balaban J connectivity index is 1.81. The van der Waals surface area contributed by atoms with Crippen molar-refractivity contribution in [2.24, 2.45) is 5.73 Å². The maximum Gasteiger partial charge on any atom is 0.0962 e. The van der Waals surface area contributed by atoms with Crippen molar-refractivity contribution in [3.63, 3.8) is 0 Å². The maximum absolute atomic E-state index is 5.50. The second kappa shape index (κ2) is 5.41. The summed E-state index contributed by atoms with van der Waals surface area (Å²) in [6.07, 6.45) is 7.12. The van der Waals surface area contributed by atoms with Gasteiger partial charge in [0.1, 0.15) is 0 Å². The minimum atomic E-state index is 0.476. The summed E-state index contributed by atoms with van der Waals surface area (Å²) in [6.45, 7) is 2.65. The molecule has 16 heavy (non-hydrogen) atoms. The van der Waals surface area contributed by atoms with E-state index in [-0.39, 0.29) is 0 Å². The highest BCUT2D eigenvalue weighted by atomic mass is 15.4. The van der Waals surface area contributed by atoms with Crippen molar-refractivity contribution in [2.45, 2.75) is 44.8 Å². The molecule has 1 fully saturated rings. The molecule has 1 atom stereocenters. The van der Waals surface area contributed by atoms with Gasteiger partial charge in [0.2, 0.25) is 0 Å². The van der Waals surface area contributed by atoms with Crippen molar-refractivity contribution in [2.75, 3.05) is 13.6 Å². The van der Waals surface area contributed by atoms with Crippen LogP contribution in [0.4, 0.5) is 0 Å². The Labute approximate surface area is 96.6 Å². The van der Waals surface area contributed by atoms with E-state index in [2.05, 4.69) is 22.3 Å². The van der Waals surface area contributed by atoms with E-state index in [1.54, 1.807) is 0 Å². The van der Waals surface area contributed by atoms with Crippen LogP contribution in [0.1, 0.15) is 31.4 Å². The molecule has 5 nitrogen and oxygen atoms in total. The van der Waals surface area contributed by atoms with Gasteiger partial charge in [-0.3, -0.25) is 4.68 Å². The van der Waals surface area contributed by atoms with Gasteiger partial charge in [0, 0.05) is 25.3 Å². The van der Waals surface area contributed by atoms with Crippen molar-refractivity contribution < 1.29 is 0 Å². The molecule has 0 aromatic carbocycles. The lowest BCUT2D eigenvalue weighted by molar-refractivity contribution is 0.169. The summed E-state index contributed by atoms with van der Waals surface area (Å²) in [6, 6.07) is 0.708. The molecule has 2 N–H and O–H groups in total. The second-order valence-corrected chi connectivity index (χ2v) is 4.60. The van der Waals surface area contributed by atoms with Crippen LogP contribution in [0.3, 0.4) is 0 Å². The van der Waals surface area contributed by atoms with Gasteiger partial charge in [-0.05, 0) is 32.9 Å². The largest absolute Gasteiger partial charge is 0.325 e. The number of rotatable bonds is 4. The molecule has 1 aliphatic rings. The van der Waals surface area contributed by atoms with Gasteiger partial charge in [0.05, 0.1) is 5.69 Å². The summed E-state index contributed by atoms with van der Waals surface area (Å²) in [5, 5.41) is 8.06. The quantitative estimate of drug-likeness (QED) is 0.812. The molecule has 0 amide bonds. The average molecular weight is 223 g/mol. The Kier molecular flexibility index (Phi) is 3.90. The third-order valence-corrected chi connectivity index (χ3v) is 3.41. The molecule has 0 radical (unpaired) electrons. The zero-order valence-corrected chi connectivity index (χ0v) is 9.97. The van der Waals surface area contributed by atoms with Gasteiger partial charge in [-0.1, -0.05) is 11.6 Å². The van der Waals surface area contributed by atoms with Crippen LogP contribution in [0.25, 0.3) is 0 Å². The van der Waals surface area contributed by atoms with Crippen LogP contribution in [0.15, 0.2) is 6.20 Å². The predicted octanol–water partition coefficient (Wildman–Crippen LogP) is 0.611. The monoisotopic (exact) mass is 223 g/mol. The molecular weight excluding hydrogens is 202 g/mol. The lowest BCUT2D eigenvalue weighted by atomic mass is 10.0. The van der Waals surface area contributed by atoms with E-state index >= 15 is 0 Å². The van der Waals surface area contributed by atoms with Crippen molar-refractivity contribution in [3.05, 3.63) is 11.9 Å². The van der Waals surface area contributed by atoms with Crippen LogP contribution in [-0.2, 0) is 13.1 Å². The normalized spacial score (nSPS) is 22.5. The van der Waals surface area contributed by atoms with Gasteiger partial charge in [-0.15, -0.1) is 5.10 Å². The Morgan fingerprint density at radius 2 is 2.38 bits per heavy atom. The van der Waals surface area contributed by atoms with Crippen molar-refractivity contribution in [3.8, 4) is 0 Å². The Bertz CT molecular complexity index is 322. The lowest BCUT2D eigenvalue weighted by Crippen LogP contribution is -2.36. The molecule has 1 saturated heterocycles. The number of hydrogen-bond acceptors (Lipinski definition) is 4. The van der Waals surface area contributed by atoms with E-state index in [0.29, 0.717) is 12.6 Å². The third-order valence-electron chi connectivity index (χ3n) is 3.41. The fraction of sp³-hybridized carbons (Fsp3) is 0.818. The molecule has 2 heterocycles. The van der Waals surface area contributed by atoms with E-state index in [1.165, 1.54) is 25.8 Å². The number of nitrogens with two attached hydrogens (primary N) is 1. The minimum absolute atomic E-state index is 0.476. The van der Waals surface area contributed by atoms with Gasteiger partial charge in [0.15, 0.2) is 0 Å². The lowest BCUT2D eigenvalue weighted by Gasteiger charge is -2.32. The van der Waals surface area contributed by atoms with Crippen LogP contribution in [0, 0.1) is 0 Å². The molecule has 0 saturated carbocycles.